The molecule has 1 N–H and O–H groups in total. The van der Waals surface area contributed by atoms with E-state index in [2.05, 4.69) is 49.5 Å². The number of anilines is 1. The summed E-state index contributed by atoms with van der Waals surface area (Å²) in [6.07, 6.45) is 4.24. The number of nitrogens with zero attached hydrogens (tertiary/aromatic N) is 1. The summed E-state index contributed by atoms with van der Waals surface area (Å²) in [5.74, 6) is 0. The number of aliphatic imine (C=N–C) groups is 1. The zero-order valence-electron chi connectivity index (χ0n) is 13.6. The summed E-state index contributed by atoms with van der Waals surface area (Å²) in [5, 5.41) is 3.53. The summed E-state index contributed by atoms with van der Waals surface area (Å²) in [6.45, 7) is 4.60. The quantitative estimate of drug-likeness (QED) is 0.735. The van der Waals surface area contributed by atoms with Crippen molar-refractivity contribution in [1.82, 2.24) is 0 Å². The Kier molecular flexibility index (Phi) is 5.62. The van der Waals surface area contributed by atoms with Crippen LogP contribution in [0.25, 0.3) is 0 Å². The Bertz CT molecular complexity index is 688. The number of nitrogens with one attached hydrogen (secondary N) is 1. The Morgan fingerprint density at radius 1 is 0.870 bits per heavy atom. The van der Waals surface area contributed by atoms with E-state index in [9.17, 15) is 0 Å². The summed E-state index contributed by atoms with van der Waals surface area (Å²) >= 11 is 0. The fourth-order valence-electron chi connectivity index (χ4n) is 2.90. The predicted molar refractivity (Wildman–Crippen MR) is 102 cm³/mol. The van der Waals surface area contributed by atoms with Gasteiger partial charge < -0.3 is 5.32 Å². The van der Waals surface area contributed by atoms with Crippen LogP contribution < -0.4 is 5.32 Å². The third-order valence-electron chi connectivity index (χ3n) is 3.78. The molecular weight excluding hydrogens is 304 g/mol. The molecule has 0 spiro atoms. The van der Waals surface area contributed by atoms with Crippen LogP contribution in [0.15, 0.2) is 77.4 Å². The van der Waals surface area contributed by atoms with E-state index in [4.69, 9.17) is 4.99 Å². The molecular formula is C20H23ClN2. The zero-order valence-corrected chi connectivity index (χ0v) is 14.4. The third-order valence-corrected chi connectivity index (χ3v) is 3.78. The fraction of sp³-hybridized carbons (Fsp3) is 0.250. The highest BCUT2D eigenvalue weighted by molar-refractivity contribution is 5.99. The molecule has 0 unspecified atom stereocenters. The number of para-hydroxylation sites is 2. The van der Waals surface area contributed by atoms with E-state index >= 15 is 0 Å². The molecule has 3 rings (SSSR count). The second kappa shape index (κ2) is 7.47. The molecule has 0 atom stereocenters. The molecule has 0 aliphatic heterocycles. The molecule has 2 nitrogen and oxygen atoms in total. The molecule has 2 aromatic rings. The van der Waals surface area contributed by atoms with Gasteiger partial charge in [-0.1, -0.05) is 50.2 Å². The molecule has 0 radical (unpaired) electrons. The van der Waals surface area contributed by atoms with E-state index in [1.54, 1.807) is 0 Å². The minimum absolute atomic E-state index is 0. The second-order valence-electron chi connectivity index (χ2n) is 6.62. The van der Waals surface area contributed by atoms with Crippen LogP contribution in [0.3, 0.4) is 0 Å². The molecule has 0 saturated heterocycles. The van der Waals surface area contributed by atoms with E-state index in [1.807, 2.05) is 36.4 Å². The first-order chi connectivity index (χ1) is 10.6. The van der Waals surface area contributed by atoms with Gasteiger partial charge >= 0.3 is 0 Å². The molecule has 1 aliphatic rings. The molecule has 0 aromatic heterocycles. The number of allylic oxidation sites excluding steroid dienone is 2. The Balaban J connectivity index is 0.00000192. The van der Waals surface area contributed by atoms with Crippen LogP contribution >= 0.6 is 12.4 Å². The van der Waals surface area contributed by atoms with Crippen molar-refractivity contribution >= 4 is 29.5 Å². The van der Waals surface area contributed by atoms with E-state index in [-0.39, 0.29) is 17.8 Å². The average Bonchev–Trinajstić information content (AvgIpc) is 2.47. The van der Waals surface area contributed by atoms with E-state index < -0.39 is 0 Å². The first kappa shape index (κ1) is 17.3. The Labute approximate surface area is 144 Å². The molecule has 0 amide bonds. The highest BCUT2D eigenvalue weighted by atomic mass is 35.5. The second-order valence-corrected chi connectivity index (χ2v) is 6.62. The van der Waals surface area contributed by atoms with E-state index in [1.165, 1.54) is 5.70 Å². The van der Waals surface area contributed by atoms with Crippen molar-refractivity contribution in [3.63, 3.8) is 0 Å². The van der Waals surface area contributed by atoms with Crippen molar-refractivity contribution in [2.45, 2.75) is 26.7 Å². The topological polar surface area (TPSA) is 24.4 Å². The van der Waals surface area contributed by atoms with Gasteiger partial charge in [0.2, 0.25) is 0 Å². The fourth-order valence-corrected chi connectivity index (χ4v) is 2.90. The summed E-state index contributed by atoms with van der Waals surface area (Å²) in [7, 11) is 0. The van der Waals surface area contributed by atoms with Gasteiger partial charge in [-0.3, -0.25) is 4.99 Å². The normalized spacial score (nSPS) is 18.0. The number of hydrogen-bond donors (Lipinski definition) is 1. The van der Waals surface area contributed by atoms with Crippen LogP contribution in [-0.4, -0.2) is 5.71 Å². The smallest absolute Gasteiger partial charge is 0.0632 e. The van der Waals surface area contributed by atoms with Crippen molar-refractivity contribution in [2.24, 2.45) is 10.4 Å². The average molecular weight is 327 g/mol. The maximum atomic E-state index is 4.81. The molecule has 2 aromatic carbocycles. The van der Waals surface area contributed by atoms with Gasteiger partial charge in [-0.2, -0.15) is 0 Å². The Hall–Kier alpha value is -2.06. The summed E-state index contributed by atoms with van der Waals surface area (Å²) in [5.41, 5.74) is 4.74. The van der Waals surface area contributed by atoms with Crippen LogP contribution in [0.2, 0.25) is 0 Å². The molecule has 0 fully saturated rings. The van der Waals surface area contributed by atoms with Gasteiger partial charge in [0, 0.05) is 17.1 Å². The highest BCUT2D eigenvalue weighted by Crippen LogP contribution is 2.35. The standard InChI is InChI=1S/C20H22N2.ClH/c1-20(2)14-18(21-16-9-5-3-6-10-16)13-19(15-20)22-17-11-7-4-8-12-17;/h3-13,21H,14-15H2,1-2H3;1H. The monoisotopic (exact) mass is 326 g/mol. The Morgan fingerprint density at radius 3 is 2.13 bits per heavy atom. The van der Waals surface area contributed by atoms with E-state index in [0.29, 0.717) is 0 Å². The lowest BCUT2D eigenvalue weighted by molar-refractivity contribution is 0.374. The number of rotatable bonds is 3. The molecule has 0 bridgehead atoms. The number of benzene rings is 2. The number of hydrogen-bond acceptors (Lipinski definition) is 2. The maximum Gasteiger partial charge on any atom is 0.0632 e. The maximum absolute atomic E-state index is 4.81. The van der Waals surface area contributed by atoms with Crippen molar-refractivity contribution in [3.05, 3.63) is 72.4 Å². The van der Waals surface area contributed by atoms with Gasteiger partial charge in [0.1, 0.15) is 0 Å². The molecule has 3 heteroatoms. The lowest BCUT2D eigenvalue weighted by atomic mass is 9.78. The Morgan fingerprint density at radius 2 is 1.48 bits per heavy atom. The van der Waals surface area contributed by atoms with Crippen molar-refractivity contribution in [3.8, 4) is 0 Å². The van der Waals surface area contributed by atoms with Gasteiger partial charge in [0.15, 0.2) is 0 Å². The summed E-state index contributed by atoms with van der Waals surface area (Å²) in [6, 6.07) is 20.5. The van der Waals surface area contributed by atoms with Crippen LogP contribution in [0.5, 0.6) is 0 Å². The van der Waals surface area contributed by atoms with Crippen LogP contribution in [0.1, 0.15) is 26.7 Å². The predicted octanol–water partition coefficient (Wildman–Crippen LogP) is 6.00. The lowest BCUT2D eigenvalue weighted by Crippen LogP contribution is -2.24. The molecule has 0 saturated carbocycles. The minimum atomic E-state index is 0. The van der Waals surface area contributed by atoms with Crippen molar-refractivity contribution in [1.29, 1.82) is 0 Å². The highest BCUT2D eigenvalue weighted by Gasteiger charge is 2.26. The zero-order chi connectivity index (χ0) is 15.4. The summed E-state index contributed by atoms with van der Waals surface area (Å²) < 4.78 is 0. The summed E-state index contributed by atoms with van der Waals surface area (Å²) in [4.78, 5) is 4.81. The van der Waals surface area contributed by atoms with Gasteiger partial charge in [0.25, 0.3) is 0 Å². The first-order valence-corrected chi connectivity index (χ1v) is 7.76. The van der Waals surface area contributed by atoms with Crippen molar-refractivity contribution < 1.29 is 0 Å². The first-order valence-electron chi connectivity index (χ1n) is 7.76. The minimum Gasteiger partial charge on any atom is -0.359 e. The van der Waals surface area contributed by atoms with Crippen LogP contribution in [-0.2, 0) is 0 Å². The molecule has 1 aliphatic carbocycles. The van der Waals surface area contributed by atoms with Gasteiger partial charge in [-0.05, 0) is 48.6 Å². The van der Waals surface area contributed by atoms with E-state index in [0.717, 1.165) is 29.9 Å². The van der Waals surface area contributed by atoms with Gasteiger partial charge in [-0.25, -0.2) is 0 Å². The van der Waals surface area contributed by atoms with Gasteiger partial charge in [0.05, 0.1) is 5.69 Å². The largest absolute Gasteiger partial charge is 0.359 e. The molecule has 0 heterocycles. The van der Waals surface area contributed by atoms with Crippen LogP contribution in [0, 0.1) is 5.41 Å². The van der Waals surface area contributed by atoms with Crippen molar-refractivity contribution in [2.75, 3.05) is 5.32 Å². The molecule has 120 valence electrons. The van der Waals surface area contributed by atoms with Crippen LogP contribution in [0.4, 0.5) is 11.4 Å². The SMILES string of the molecule is CC1(C)CC(Nc2ccccc2)=CC(=Nc2ccccc2)C1.Cl. The lowest BCUT2D eigenvalue weighted by Gasteiger charge is -2.31. The number of halogens is 1. The van der Waals surface area contributed by atoms with Gasteiger partial charge in [-0.15, -0.1) is 12.4 Å². The third kappa shape index (κ3) is 4.97. The molecule has 23 heavy (non-hydrogen) atoms.